The number of nitrogens with one attached hydrogen (secondary N) is 1. The third-order valence-electron chi connectivity index (χ3n) is 2.20. The highest BCUT2D eigenvalue weighted by Gasteiger charge is 2.14. The first-order chi connectivity index (χ1) is 6.45. The molecule has 1 aromatic rings. The van der Waals surface area contributed by atoms with E-state index in [0.717, 1.165) is 29.9 Å². The summed E-state index contributed by atoms with van der Waals surface area (Å²) < 4.78 is 5.29. The van der Waals surface area contributed by atoms with Crippen LogP contribution in [0.25, 0.3) is 0 Å². The van der Waals surface area contributed by atoms with E-state index in [1.165, 1.54) is 12.8 Å². The second-order valence-corrected chi connectivity index (χ2v) is 4.22. The molecule has 0 aliphatic carbocycles. The molecular formula is C8H13N3OS. The molecule has 0 radical (unpaired) electrons. The van der Waals surface area contributed by atoms with Gasteiger partial charge < -0.3 is 4.74 Å². The Bertz CT molecular complexity index is 234. The lowest BCUT2D eigenvalue weighted by atomic mass is 10.0. The molecule has 4 nitrogen and oxygen atoms in total. The van der Waals surface area contributed by atoms with E-state index < -0.39 is 0 Å². The molecule has 0 aromatic carbocycles. The van der Waals surface area contributed by atoms with Gasteiger partial charge in [0.25, 0.3) is 0 Å². The predicted molar refractivity (Wildman–Crippen MR) is 50.6 cm³/mol. The molecule has 1 aromatic heterocycles. The average Bonchev–Trinajstić information content (AvgIpc) is 2.69. The molecule has 0 spiro atoms. The van der Waals surface area contributed by atoms with Gasteiger partial charge in [-0.3, -0.25) is 0 Å². The van der Waals surface area contributed by atoms with Gasteiger partial charge in [-0.15, -0.1) is 16.9 Å². The van der Waals surface area contributed by atoms with E-state index in [1.54, 1.807) is 18.0 Å². The number of thioether (sulfide) groups is 1. The summed E-state index contributed by atoms with van der Waals surface area (Å²) >= 11 is 1.77. The van der Waals surface area contributed by atoms with Gasteiger partial charge in [0, 0.05) is 19.0 Å². The van der Waals surface area contributed by atoms with E-state index >= 15 is 0 Å². The van der Waals surface area contributed by atoms with Crippen LogP contribution in [0, 0.1) is 5.92 Å². The molecule has 1 saturated heterocycles. The molecule has 0 unspecified atom stereocenters. The van der Waals surface area contributed by atoms with Crippen molar-refractivity contribution in [3.05, 3.63) is 6.20 Å². The van der Waals surface area contributed by atoms with Crippen molar-refractivity contribution in [3.8, 4) is 0 Å². The highest BCUT2D eigenvalue weighted by Crippen LogP contribution is 2.23. The number of hydrogen-bond donors (Lipinski definition) is 1. The second-order valence-electron chi connectivity index (χ2n) is 3.17. The summed E-state index contributed by atoms with van der Waals surface area (Å²) in [6, 6.07) is 0. The van der Waals surface area contributed by atoms with Crippen molar-refractivity contribution in [1.29, 1.82) is 0 Å². The maximum absolute atomic E-state index is 5.29. The molecule has 2 rings (SSSR count). The van der Waals surface area contributed by atoms with Crippen molar-refractivity contribution >= 4 is 11.8 Å². The van der Waals surface area contributed by atoms with Crippen LogP contribution in [-0.2, 0) is 4.74 Å². The second kappa shape index (κ2) is 4.62. The van der Waals surface area contributed by atoms with Crippen LogP contribution >= 0.6 is 11.8 Å². The van der Waals surface area contributed by atoms with Gasteiger partial charge >= 0.3 is 0 Å². The lowest BCUT2D eigenvalue weighted by Gasteiger charge is -2.20. The number of rotatable bonds is 3. The van der Waals surface area contributed by atoms with Crippen LogP contribution in [0.15, 0.2) is 11.2 Å². The fraction of sp³-hybridized carbons (Fsp3) is 0.750. The predicted octanol–water partition coefficient (Wildman–Crippen LogP) is 1.32. The lowest BCUT2D eigenvalue weighted by molar-refractivity contribution is 0.0728. The number of hydrogen-bond acceptors (Lipinski definition) is 4. The first kappa shape index (κ1) is 9.02. The minimum atomic E-state index is 0.787. The third kappa shape index (κ3) is 2.70. The number of aromatic nitrogens is 3. The van der Waals surface area contributed by atoms with Crippen molar-refractivity contribution in [1.82, 2.24) is 15.4 Å². The van der Waals surface area contributed by atoms with Crippen molar-refractivity contribution in [3.63, 3.8) is 0 Å². The zero-order chi connectivity index (χ0) is 8.93. The van der Waals surface area contributed by atoms with Gasteiger partial charge in [-0.1, -0.05) is 0 Å². The van der Waals surface area contributed by atoms with Gasteiger partial charge in [-0.25, -0.2) is 0 Å². The Kier molecular flexibility index (Phi) is 3.21. The van der Waals surface area contributed by atoms with Crippen LogP contribution in [0.1, 0.15) is 12.8 Å². The van der Waals surface area contributed by atoms with Crippen LogP contribution in [0.2, 0.25) is 0 Å². The third-order valence-corrected chi connectivity index (χ3v) is 3.33. The summed E-state index contributed by atoms with van der Waals surface area (Å²) in [4.78, 5) is 0. The monoisotopic (exact) mass is 199 g/mol. The highest BCUT2D eigenvalue weighted by molar-refractivity contribution is 7.99. The van der Waals surface area contributed by atoms with Crippen LogP contribution in [0.5, 0.6) is 0 Å². The van der Waals surface area contributed by atoms with Gasteiger partial charge in [-0.2, -0.15) is 10.3 Å². The van der Waals surface area contributed by atoms with E-state index in [2.05, 4.69) is 15.4 Å². The van der Waals surface area contributed by atoms with E-state index in [9.17, 15) is 0 Å². The van der Waals surface area contributed by atoms with Crippen LogP contribution in [0.4, 0.5) is 0 Å². The van der Waals surface area contributed by atoms with Crippen LogP contribution < -0.4 is 0 Å². The SMILES string of the molecule is c1n[nH]nc1SCC1CCOCC1. The summed E-state index contributed by atoms with van der Waals surface area (Å²) in [7, 11) is 0. The van der Waals surface area contributed by atoms with Crippen molar-refractivity contribution in [2.75, 3.05) is 19.0 Å². The molecule has 1 aliphatic heterocycles. The minimum Gasteiger partial charge on any atom is -0.381 e. The summed E-state index contributed by atoms with van der Waals surface area (Å²) in [5, 5.41) is 11.4. The molecule has 1 N–H and O–H groups in total. The van der Waals surface area contributed by atoms with Gasteiger partial charge in [0.1, 0.15) is 5.03 Å². The molecule has 72 valence electrons. The maximum Gasteiger partial charge on any atom is 0.138 e. The van der Waals surface area contributed by atoms with Gasteiger partial charge in [0.05, 0.1) is 6.20 Å². The first-order valence-corrected chi connectivity index (χ1v) is 5.50. The van der Waals surface area contributed by atoms with Gasteiger partial charge in [0.15, 0.2) is 0 Å². The Balaban J connectivity index is 1.72. The number of H-pyrrole nitrogens is 1. The Morgan fingerprint density at radius 2 is 2.38 bits per heavy atom. The van der Waals surface area contributed by atoms with Crippen LogP contribution in [-0.4, -0.2) is 34.4 Å². The Hall–Kier alpha value is -0.550. The van der Waals surface area contributed by atoms with Crippen molar-refractivity contribution in [2.24, 2.45) is 5.92 Å². The van der Waals surface area contributed by atoms with E-state index in [4.69, 9.17) is 4.74 Å². The van der Waals surface area contributed by atoms with E-state index in [0.29, 0.717) is 0 Å². The van der Waals surface area contributed by atoms with Gasteiger partial charge in [-0.05, 0) is 18.8 Å². The average molecular weight is 199 g/mol. The lowest BCUT2D eigenvalue weighted by Crippen LogP contribution is -2.17. The fourth-order valence-electron chi connectivity index (χ4n) is 1.38. The Morgan fingerprint density at radius 1 is 1.54 bits per heavy atom. The number of aromatic amines is 1. The minimum absolute atomic E-state index is 0.787. The number of nitrogens with zero attached hydrogens (tertiary/aromatic N) is 2. The van der Waals surface area contributed by atoms with Gasteiger partial charge in [0.2, 0.25) is 0 Å². The Morgan fingerprint density at radius 3 is 3.08 bits per heavy atom. The molecule has 0 atom stereocenters. The normalized spacial score (nSPS) is 19.1. The topological polar surface area (TPSA) is 50.8 Å². The largest absolute Gasteiger partial charge is 0.381 e. The molecule has 13 heavy (non-hydrogen) atoms. The van der Waals surface area contributed by atoms with Crippen LogP contribution in [0.3, 0.4) is 0 Å². The first-order valence-electron chi connectivity index (χ1n) is 4.51. The fourth-order valence-corrected chi connectivity index (χ4v) is 2.35. The zero-order valence-corrected chi connectivity index (χ0v) is 8.22. The maximum atomic E-state index is 5.29. The Labute approximate surface area is 81.4 Å². The standard InChI is InChI=1S/C8H13N3OS/c1-3-12-4-2-7(1)6-13-8-5-9-11-10-8/h5,7H,1-4,6H2,(H,9,10,11). The molecule has 1 fully saturated rings. The summed E-state index contributed by atoms with van der Waals surface area (Å²) in [6.07, 6.45) is 4.14. The van der Waals surface area contributed by atoms with Crippen molar-refractivity contribution < 1.29 is 4.74 Å². The smallest absolute Gasteiger partial charge is 0.138 e. The summed E-state index contributed by atoms with van der Waals surface area (Å²) in [6.45, 7) is 1.84. The van der Waals surface area contributed by atoms with E-state index in [-0.39, 0.29) is 0 Å². The molecule has 2 heterocycles. The van der Waals surface area contributed by atoms with E-state index in [1.807, 2.05) is 0 Å². The molecule has 0 saturated carbocycles. The summed E-state index contributed by atoms with van der Waals surface area (Å²) in [5.41, 5.74) is 0. The van der Waals surface area contributed by atoms with Crippen molar-refractivity contribution in [2.45, 2.75) is 17.9 Å². The zero-order valence-electron chi connectivity index (χ0n) is 7.40. The molecule has 0 amide bonds. The molecule has 5 heteroatoms. The molecule has 1 aliphatic rings. The molecule has 0 bridgehead atoms. The quantitative estimate of drug-likeness (QED) is 0.746. The number of ether oxygens (including phenoxy) is 1. The summed E-state index contributed by atoms with van der Waals surface area (Å²) in [5.74, 6) is 1.92. The molecular weight excluding hydrogens is 186 g/mol. The highest BCUT2D eigenvalue weighted by atomic mass is 32.2.